The maximum Gasteiger partial charge on any atom is 0.490 e. The van der Waals surface area contributed by atoms with Gasteiger partial charge in [0.2, 0.25) is 0 Å². The highest BCUT2D eigenvalue weighted by Crippen LogP contribution is 2.35. The molecule has 2 aliphatic rings. The number of rotatable bonds is 2. The molecule has 198 valence electrons. The number of hydrogen-bond donors (Lipinski definition) is 3. The van der Waals surface area contributed by atoms with Gasteiger partial charge in [0.15, 0.2) is 0 Å². The number of anilines is 3. The van der Waals surface area contributed by atoms with Crippen molar-refractivity contribution in [2.45, 2.75) is 38.9 Å². The van der Waals surface area contributed by atoms with Crippen molar-refractivity contribution in [2.24, 2.45) is 0 Å². The highest BCUT2D eigenvalue weighted by Gasteiger charge is 2.38. The van der Waals surface area contributed by atoms with E-state index in [9.17, 15) is 18.0 Å². The number of imidazole rings is 1. The number of piperazine rings is 1. The Morgan fingerprint density at radius 2 is 1.89 bits per heavy atom. The van der Waals surface area contributed by atoms with Gasteiger partial charge in [-0.1, -0.05) is 0 Å². The first-order valence-corrected chi connectivity index (χ1v) is 11.7. The van der Waals surface area contributed by atoms with E-state index < -0.39 is 12.1 Å². The molecule has 0 atom stereocenters. The number of nitrogens with one attached hydrogen (secondary N) is 2. The van der Waals surface area contributed by atoms with Gasteiger partial charge in [-0.15, -0.1) is 0 Å². The number of hydrogen-bond acceptors (Lipinski definition) is 6. The number of halogens is 3. The minimum atomic E-state index is -5.08. The standard InChI is InChI=1S/C22H27N7O.C2HF3O2/c1-15-12-28-13-16(4-5-19(28)25-15)26-21(30)29-10-7-17-18(6-8-23-20(17)29)27-11-9-24-22(2,3)14-27;3-2(4,5)1(6)7/h4-6,8,12-13,24H,7,9-11,14H2,1-3H3,(H,26,30);(H,6,7). The van der Waals surface area contributed by atoms with Crippen LogP contribution in [0.1, 0.15) is 25.1 Å². The number of amides is 2. The number of fused-ring (bicyclic) bond motifs is 2. The van der Waals surface area contributed by atoms with Crippen molar-refractivity contribution in [2.75, 3.05) is 41.3 Å². The molecule has 3 aromatic heterocycles. The number of pyridine rings is 2. The van der Waals surface area contributed by atoms with Gasteiger partial charge in [-0.25, -0.2) is 19.6 Å². The summed E-state index contributed by atoms with van der Waals surface area (Å²) in [4.78, 5) is 35.1. The van der Waals surface area contributed by atoms with Crippen molar-refractivity contribution in [3.8, 4) is 0 Å². The first-order valence-electron chi connectivity index (χ1n) is 11.7. The monoisotopic (exact) mass is 519 g/mol. The predicted molar refractivity (Wildman–Crippen MR) is 132 cm³/mol. The van der Waals surface area contributed by atoms with Crippen LogP contribution in [0, 0.1) is 6.92 Å². The fourth-order valence-corrected chi connectivity index (χ4v) is 4.50. The molecule has 2 aliphatic heterocycles. The Morgan fingerprint density at radius 3 is 2.57 bits per heavy atom. The second-order valence-corrected chi connectivity index (χ2v) is 9.56. The van der Waals surface area contributed by atoms with Crippen LogP contribution >= 0.6 is 0 Å². The molecule has 0 saturated carbocycles. The van der Waals surface area contributed by atoms with E-state index in [1.54, 1.807) is 4.90 Å². The second kappa shape index (κ2) is 9.88. The van der Waals surface area contributed by atoms with E-state index >= 15 is 0 Å². The number of aryl methyl sites for hydroxylation is 1. The minimum absolute atomic E-state index is 0.0639. The highest BCUT2D eigenvalue weighted by molar-refractivity contribution is 6.03. The maximum atomic E-state index is 13.0. The fourth-order valence-electron chi connectivity index (χ4n) is 4.50. The van der Waals surface area contributed by atoms with Crippen LogP contribution in [0.3, 0.4) is 0 Å². The summed E-state index contributed by atoms with van der Waals surface area (Å²) >= 11 is 0. The average Bonchev–Trinajstić information content (AvgIpc) is 3.40. The lowest BCUT2D eigenvalue weighted by molar-refractivity contribution is -0.192. The zero-order chi connectivity index (χ0) is 27.0. The molecule has 0 spiro atoms. The van der Waals surface area contributed by atoms with Crippen LogP contribution in [0.2, 0.25) is 0 Å². The number of nitrogens with zero attached hydrogens (tertiary/aromatic N) is 5. The third kappa shape index (κ3) is 5.93. The Balaban J connectivity index is 0.000000405. The number of carbonyl (C=O) groups excluding carboxylic acids is 1. The van der Waals surface area contributed by atoms with Gasteiger partial charge in [0.25, 0.3) is 0 Å². The zero-order valence-corrected chi connectivity index (χ0v) is 20.6. The summed E-state index contributed by atoms with van der Waals surface area (Å²) in [5.41, 5.74) is 4.96. The van der Waals surface area contributed by atoms with Crippen molar-refractivity contribution in [3.63, 3.8) is 0 Å². The van der Waals surface area contributed by atoms with Crippen LogP contribution in [0.25, 0.3) is 5.65 Å². The van der Waals surface area contributed by atoms with E-state index in [-0.39, 0.29) is 11.6 Å². The summed E-state index contributed by atoms with van der Waals surface area (Å²) < 4.78 is 33.7. The number of urea groups is 1. The van der Waals surface area contributed by atoms with Crippen LogP contribution in [-0.4, -0.2) is 69.4 Å². The molecule has 0 aromatic carbocycles. The van der Waals surface area contributed by atoms with E-state index in [0.29, 0.717) is 6.54 Å². The molecule has 0 aliphatic carbocycles. The lowest BCUT2D eigenvalue weighted by atomic mass is 10.0. The molecule has 10 nitrogen and oxygen atoms in total. The third-order valence-electron chi connectivity index (χ3n) is 6.07. The van der Waals surface area contributed by atoms with Crippen LogP contribution in [0.5, 0.6) is 0 Å². The molecule has 3 aromatic rings. The topological polar surface area (TPSA) is 115 Å². The first-order chi connectivity index (χ1) is 17.3. The Labute approximate surface area is 211 Å². The Hall–Kier alpha value is -3.87. The van der Waals surface area contributed by atoms with E-state index in [0.717, 1.165) is 54.5 Å². The first kappa shape index (κ1) is 26.2. The maximum absolute atomic E-state index is 13.0. The molecular formula is C24H28F3N7O3. The van der Waals surface area contributed by atoms with Crippen molar-refractivity contribution in [1.82, 2.24) is 19.7 Å². The molecule has 5 heterocycles. The van der Waals surface area contributed by atoms with E-state index in [1.807, 2.05) is 42.0 Å². The average molecular weight is 520 g/mol. The van der Waals surface area contributed by atoms with Gasteiger partial charge in [0.05, 0.1) is 11.4 Å². The molecule has 5 rings (SSSR count). The van der Waals surface area contributed by atoms with Crippen molar-refractivity contribution >= 4 is 34.8 Å². The predicted octanol–water partition coefficient (Wildman–Crippen LogP) is 3.45. The van der Waals surface area contributed by atoms with Gasteiger partial charge >= 0.3 is 18.2 Å². The minimum Gasteiger partial charge on any atom is -0.475 e. The van der Waals surface area contributed by atoms with Crippen molar-refractivity contribution in [1.29, 1.82) is 0 Å². The third-order valence-corrected chi connectivity index (χ3v) is 6.07. The SMILES string of the molecule is Cc1cn2cc(NC(=O)N3CCc4c(N5CCNC(C)(C)C5)ccnc43)ccc2n1.O=C(O)C(F)(F)F. The lowest BCUT2D eigenvalue weighted by Crippen LogP contribution is -2.57. The number of carboxylic acid groups (broad SMARTS) is 1. The van der Waals surface area contributed by atoms with Crippen LogP contribution in [0.4, 0.5) is 35.2 Å². The van der Waals surface area contributed by atoms with Gasteiger partial charge in [0, 0.05) is 61.6 Å². The number of carboxylic acids is 1. The lowest BCUT2D eigenvalue weighted by Gasteiger charge is -2.41. The summed E-state index contributed by atoms with van der Waals surface area (Å²) in [7, 11) is 0. The zero-order valence-electron chi connectivity index (χ0n) is 20.6. The molecule has 2 amide bonds. The largest absolute Gasteiger partial charge is 0.490 e. The highest BCUT2D eigenvalue weighted by atomic mass is 19.4. The normalized spacial score (nSPS) is 16.7. The Bertz CT molecular complexity index is 1320. The van der Waals surface area contributed by atoms with E-state index in [4.69, 9.17) is 9.90 Å². The summed E-state index contributed by atoms with van der Waals surface area (Å²) in [6, 6.07) is 5.71. The summed E-state index contributed by atoms with van der Waals surface area (Å²) in [6.07, 6.45) is 1.38. The van der Waals surface area contributed by atoms with Gasteiger partial charge < -0.3 is 25.0 Å². The molecular weight excluding hydrogens is 491 g/mol. The van der Waals surface area contributed by atoms with Crippen LogP contribution in [0.15, 0.2) is 36.8 Å². The molecule has 3 N–H and O–H groups in total. The van der Waals surface area contributed by atoms with Gasteiger partial charge in [-0.3, -0.25) is 4.90 Å². The summed E-state index contributed by atoms with van der Waals surface area (Å²) in [5.74, 6) is -1.99. The molecule has 1 fully saturated rings. The molecule has 37 heavy (non-hydrogen) atoms. The van der Waals surface area contributed by atoms with Crippen LogP contribution in [-0.2, 0) is 11.2 Å². The Morgan fingerprint density at radius 1 is 1.16 bits per heavy atom. The summed E-state index contributed by atoms with van der Waals surface area (Å²) in [6.45, 7) is 9.86. The number of aliphatic carboxylic acids is 1. The van der Waals surface area contributed by atoms with Gasteiger partial charge in [-0.05, 0) is 45.4 Å². The number of alkyl halides is 3. The number of aromatic nitrogens is 3. The fraction of sp³-hybridized carbons (Fsp3) is 0.417. The molecule has 0 unspecified atom stereocenters. The van der Waals surface area contributed by atoms with Crippen molar-refractivity contribution < 1.29 is 27.9 Å². The quantitative estimate of drug-likeness (QED) is 0.475. The number of carbonyl (C=O) groups is 2. The summed E-state index contributed by atoms with van der Waals surface area (Å²) in [5, 5.41) is 13.7. The molecule has 0 radical (unpaired) electrons. The molecule has 13 heteroatoms. The van der Waals surface area contributed by atoms with Crippen LogP contribution < -0.4 is 20.4 Å². The van der Waals surface area contributed by atoms with Gasteiger partial charge in [-0.2, -0.15) is 13.2 Å². The smallest absolute Gasteiger partial charge is 0.475 e. The van der Waals surface area contributed by atoms with Gasteiger partial charge in [0.1, 0.15) is 11.5 Å². The van der Waals surface area contributed by atoms with Crippen molar-refractivity contribution in [3.05, 3.63) is 48.0 Å². The van der Waals surface area contributed by atoms with E-state index in [2.05, 4.69) is 45.4 Å². The molecule has 0 bridgehead atoms. The second-order valence-electron chi connectivity index (χ2n) is 9.56. The Kier molecular flexibility index (Phi) is 7.00. The molecule has 1 saturated heterocycles. The van der Waals surface area contributed by atoms with E-state index in [1.165, 1.54) is 5.69 Å².